The molecule has 0 saturated carbocycles. The lowest BCUT2D eigenvalue weighted by Gasteiger charge is -2.32. The molecule has 1 spiro atoms. The molecule has 27 aromatic rings. The summed E-state index contributed by atoms with van der Waals surface area (Å²) in [6.07, 6.45) is 0. The quantitative estimate of drug-likeness (QED) is 0.122. The second kappa shape index (κ2) is 30.8. The van der Waals surface area contributed by atoms with Gasteiger partial charge in [0.25, 0.3) is 0 Å². The van der Waals surface area contributed by atoms with E-state index in [0.29, 0.717) is 0 Å². The van der Waals surface area contributed by atoms with Gasteiger partial charge in [-0.25, -0.2) is 0 Å². The van der Waals surface area contributed by atoms with Gasteiger partial charge in [0.05, 0.1) is 49.6 Å². The number of furan rings is 2. The molecule has 7 heteroatoms. The largest absolute Gasteiger partial charge is 0.455 e. The minimum atomic E-state index is -0.463. The van der Waals surface area contributed by atoms with Crippen LogP contribution >= 0.6 is 11.3 Å². The Morgan fingerprint density at radius 1 is 0.206 bits per heavy atom. The summed E-state index contributed by atoms with van der Waals surface area (Å²) in [6, 6.07) is 177. The molecule has 0 atom stereocenters. The monoisotopic (exact) mass is 1750 g/mol. The number of hydrogen-bond acceptors (Lipinski definition) is 5. The first-order chi connectivity index (χ1) is 67.5. The highest BCUT2D eigenvalue weighted by Crippen LogP contribution is 2.64. The molecule has 0 bridgehead atoms. The molecule has 22 aromatic carbocycles. The second-order valence-electron chi connectivity index (χ2n) is 35.9. The fourth-order valence-electron chi connectivity index (χ4n) is 22.8. The number of para-hydroxylation sites is 4. The van der Waals surface area contributed by atoms with Crippen molar-refractivity contribution in [2.24, 2.45) is 0 Å². The van der Waals surface area contributed by atoms with Crippen LogP contribution in [-0.2, 0) is 5.41 Å². The van der Waals surface area contributed by atoms with Crippen LogP contribution in [0.2, 0.25) is 0 Å². The Morgan fingerprint density at radius 2 is 0.544 bits per heavy atom. The Labute approximate surface area is 787 Å². The van der Waals surface area contributed by atoms with Crippen molar-refractivity contribution in [2.45, 2.75) is 5.41 Å². The summed E-state index contributed by atoms with van der Waals surface area (Å²) < 4.78 is 21.5. The topological polar surface area (TPSA) is 42.6 Å². The molecular formula is C129H80N4O2S. The Kier molecular flexibility index (Phi) is 17.4. The van der Waals surface area contributed by atoms with Gasteiger partial charge in [0.1, 0.15) is 22.3 Å². The van der Waals surface area contributed by atoms with Gasteiger partial charge in [0.2, 0.25) is 0 Å². The van der Waals surface area contributed by atoms with E-state index in [0.717, 1.165) is 128 Å². The van der Waals surface area contributed by atoms with Crippen molar-refractivity contribution in [3.8, 4) is 78.1 Å². The molecule has 0 radical (unpaired) electrons. The number of aromatic nitrogens is 2. The van der Waals surface area contributed by atoms with E-state index in [1.54, 1.807) is 0 Å². The molecule has 0 unspecified atom stereocenters. The van der Waals surface area contributed by atoms with Gasteiger partial charge in [-0.3, -0.25) is 0 Å². The van der Waals surface area contributed by atoms with Crippen molar-refractivity contribution < 1.29 is 8.83 Å². The molecule has 5 heterocycles. The maximum Gasteiger partial charge on any atom is 0.145 e. The molecule has 29 rings (SSSR count). The van der Waals surface area contributed by atoms with Crippen molar-refractivity contribution in [1.29, 1.82) is 0 Å². The average Bonchev–Trinajstić information content (AvgIpc) is 1.50. The van der Waals surface area contributed by atoms with Gasteiger partial charge in [-0.15, -0.1) is 11.3 Å². The van der Waals surface area contributed by atoms with E-state index in [2.05, 4.69) is 504 Å². The van der Waals surface area contributed by atoms with Crippen LogP contribution in [0.25, 0.3) is 207 Å². The normalized spacial score (nSPS) is 12.5. The van der Waals surface area contributed by atoms with Crippen LogP contribution in [0.15, 0.2) is 494 Å². The lowest BCUT2D eigenvalue weighted by Crippen LogP contribution is -2.26. The zero-order chi connectivity index (χ0) is 89.2. The summed E-state index contributed by atoms with van der Waals surface area (Å²) in [5.41, 5.74) is 36.1. The van der Waals surface area contributed by atoms with Crippen molar-refractivity contribution in [3.05, 3.63) is 508 Å². The van der Waals surface area contributed by atoms with E-state index in [-0.39, 0.29) is 0 Å². The summed E-state index contributed by atoms with van der Waals surface area (Å²) in [6.45, 7) is 0. The maximum atomic E-state index is 7.03. The van der Waals surface area contributed by atoms with Crippen molar-refractivity contribution in [3.63, 3.8) is 0 Å². The van der Waals surface area contributed by atoms with E-state index in [9.17, 15) is 0 Å². The smallest absolute Gasteiger partial charge is 0.145 e. The predicted octanol–water partition coefficient (Wildman–Crippen LogP) is 36.0. The fourth-order valence-corrected chi connectivity index (χ4v) is 23.9. The lowest BCUT2D eigenvalue weighted by molar-refractivity contribution is 0.670. The van der Waals surface area contributed by atoms with E-state index < -0.39 is 5.41 Å². The zero-order valence-electron chi connectivity index (χ0n) is 73.7. The second-order valence-corrected chi connectivity index (χ2v) is 37.0. The van der Waals surface area contributed by atoms with E-state index >= 15 is 0 Å². The van der Waals surface area contributed by atoms with Gasteiger partial charge in [0.15, 0.2) is 0 Å². The molecule has 6 nitrogen and oxygen atoms in total. The average molecular weight is 1750 g/mol. The SMILES string of the molecule is c1ccc(-c2ccc(N(c3ccc(-c4cc5c6ccccc6n(-c6cccc7ccccc67)c5c5c4oc4ccccc45)cc3)c3ccc4c(c3)C3(c5ccccc5-c5ccccc53)c3ccccc3-4)cc2)cc1.c1ccc(-c2ccc(N(c3ccc(-c4cc5c6ccccc6n(-c6cccc7ccccc67)c5c5c4oc4ccccc45)cc3)c3ccc4sc5ccccc5c4c3)cc2)cc1. The van der Waals surface area contributed by atoms with Crippen molar-refractivity contribution >= 4 is 175 Å². The zero-order valence-corrected chi connectivity index (χ0v) is 74.5. The van der Waals surface area contributed by atoms with Crippen LogP contribution in [0.3, 0.4) is 0 Å². The molecule has 136 heavy (non-hydrogen) atoms. The van der Waals surface area contributed by atoms with Gasteiger partial charge in [-0.2, -0.15) is 0 Å². The van der Waals surface area contributed by atoms with E-state index in [4.69, 9.17) is 8.83 Å². The lowest BCUT2D eigenvalue weighted by atomic mass is 9.70. The number of fused-ring (bicyclic) bond motifs is 29. The van der Waals surface area contributed by atoms with Crippen molar-refractivity contribution in [2.75, 3.05) is 9.80 Å². The number of thiophene rings is 1. The standard InChI is InChI=1S/C71H44N2O.C58H36N2OS/c1-2-17-45(18-3-1)46-33-37-49(38-34-46)72(51-41-42-56-55-24-8-13-29-63(55)71(64(56)43-51)61-27-11-6-22-53(61)54-23-7-12-28-62(54)71)50-39-35-48(36-40-50)59-44-60-57-25-9-14-30-66(57)73(65-31-16-20-47-19-4-5-21-52(47)65)69(60)68-58-26-10-15-32-67(58)74-70(59)68;1-2-13-37(14-3-1)38-25-29-41(30-26-38)59(43-33-34-55-49(35-43)46-19-8-11-24-54(46)62-55)42-31-27-40(28-32-42)48-36-50-45-18-6-9-21-52(45)60(51-22-12-16-39-15-4-5-17-44(39)51)57(50)56-47-20-7-10-23-53(47)61-58(48)56/h1-44H;1-36H. The third-order valence-corrected chi connectivity index (χ3v) is 29.9. The van der Waals surface area contributed by atoms with Gasteiger partial charge >= 0.3 is 0 Å². The van der Waals surface area contributed by atoms with Crippen LogP contribution in [0.4, 0.5) is 34.1 Å². The fraction of sp³-hybridized carbons (Fsp3) is 0.00775. The van der Waals surface area contributed by atoms with Gasteiger partial charge in [-0.05, 0) is 222 Å². The highest BCUT2D eigenvalue weighted by atomic mass is 32.1. The molecule has 634 valence electrons. The number of nitrogens with zero attached hydrogens (tertiary/aromatic N) is 4. The number of hydrogen-bond donors (Lipinski definition) is 0. The van der Waals surface area contributed by atoms with Crippen molar-refractivity contribution in [1.82, 2.24) is 9.13 Å². The minimum absolute atomic E-state index is 0.463. The summed E-state index contributed by atoms with van der Waals surface area (Å²) in [4.78, 5) is 4.81. The molecular weight excluding hydrogens is 1670 g/mol. The van der Waals surface area contributed by atoms with Gasteiger partial charge in [0, 0.05) is 109 Å². The third kappa shape index (κ3) is 11.8. The summed E-state index contributed by atoms with van der Waals surface area (Å²) in [5.74, 6) is 0. The Morgan fingerprint density at radius 3 is 1.01 bits per heavy atom. The number of anilines is 6. The highest BCUT2D eigenvalue weighted by Gasteiger charge is 2.52. The summed E-state index contributed by atoms with van der Waals surface area (Å²) >= 11 is 1.85. The molecule has 0 N–H and O–H groups in total. The first-order valence-corrected chi connectivity index (χ1v) is 47.5. The van der Waals surface area contributed by atoms with Crippen LogP contribution in [0.1, 0.15) is 22.3 Å². The molecule has 5 aromatic heterocycles. The van der Waals surface area contributed by atoms with E-state index in [1.807, 2.05) is 11.3 Å². The van der Waals surface area contributed by atoms with Crippen LogP contribution < -0.4 is 9.80 Å². The predicted molar refractivity (Wildman–Crippen MR) is 571 cm³/mol. The Bertz CT molecular complexity index is 9480. The minimum Gasteiger partial charge on any atom is -0.455 e. The van der Waals surface area contributed by atoms with Gasteiger partial charge in [-0.1, -0.05) is 352 Å². The van der Waals surface area contributed by atoms with E-state index in [1.165, 1.54) is 136 Å². The van der Waals surface area contributed by atoms with Gasteiger partial charge < -0.3 is 27.8 Å². The molecule has 2 aliphatic carbocycles. The summed E-state index contributed by atoms with van der Waals surface area (Å²) in [5, 5.41) is 16.6. The molecule has 0 saturated heterocycles. The van der Waals surface area contributed by atoms with Crippen LogP contribution in [0, 0.1) is 0 Å². The first-order valence-electron chi connectivity index (χ1n) is 46.7. The maximum absolute atomic E-state index is 7.03. The Hall–Kier alpha value is -17.6. The highest BCUT2D eigenvalue weighted by molar-refractivity contribution is 7.25. The van der Waals surface area contributed by atoms with Crippen LogP contribution in [0.5, 0.6) is 0 Å². The Balaban J connectivity index is 0.000000137. The molecule has 0 fully saturated rings. The number of benzene rings is 22. The first kappa shape index (κ1) is 77.2. The molecule has 0 amide bonds. The summed E-state index contributed by atoms with van der Waals surface area (Å²) in [7, 11) is 0. The third-order valence-electron chi connectivity index (χ3n) is 28.8. The van der Waals surface area contributed by atoms with Crippen LogP contribution in [-0.4, -0.2) is 9.13 Å². The number of rotatable bonds is 12. The molecule has 0 aliphatic heterocycles. The molecule has 2 aliphatic rings.